The highest BCUT2D eigenvalue weighted by atomic mass is 19.3. The molecule has 8 heteroatoms. The minimum absolute atomic E-state index is 0.00344. The lowest BCUT2D eigenvalue weighted by atomic mass is 10.2. The summed E-state index contributed by atoms with van der Waals surface area (Å²) >= 11 is 0. The number of hydrogen-bond donors (Lipinski definition) is 2. The molecule has 0 radical (unpaired) electrons. The van der Waals surface area contributed by atoms with Gasteiger partial charge in [-0.1, -0.05) is 24.3 Å². The molecule has 2 N–H and O–H groups in total. The second-order valence-corrected chi connectivity index (χ2v) is 5.11. The van der Waals surface area contributed by atoms with Crippen molar-refractivity contribution in [2.75, 3.05) is 20.2 Å². The lowest BCUT2D eigenvalue weighted by Gasteiger charge is -2.15. The number of hydrogen-bond acceptors (Lipinski definition) is 3. The Morgan fingerprint density at radius 2 is 1.85 bits per heavy atom. The van der Waals surface area contributed by atoms with E-state index in [-0.39, 0.29) is 17.9 Å². The molecule has 0 heterocycles. The number of guanidine groups is 1. The molecule has 2 aromatic rings. The molecule has 0 atom stereocenters. The van der Waals surface area contributed by atoms with Crippen LogP contribution in [0.4, 0.5) is 13.2 Å². The summed E-state index contributed by atoms with van der Waals surface area (Å²) in [6, 6.07) is 13.1. The summed E-state index contributed by atoms with van der Waals surface area (Å²) in [4.78, 5) is 4.00. The Bertz CT molecular complexity index is 712. The molecule has 2 rings (SSSR count). The van der Waals surface area contributed by atoms with Crippen molar-refractivity contribution in [3.05, 3.63) is 59.9 Å². The number of benzene rings is 2. The second kappa shape index (κ2) is 10.2. The first kappa shape index (κ1) is 19.4. The molecular formula is C18H20F3N3O2. The van der Waals surface area contributed by atoms with Crippen molar-refractivity contribution in [3.63, 3.8) is 0 Å². The van der Waals surface area contributed by atoms with Gasteiger partial charge in [0.2, 0.25) is 0 Å². The van der Waals surface area contributed by atoms with E-state index in [0.29, 0.717) is 19.1 Å². The molecule has 0 aliphatic heterocycles. The maximum atomic E-state index is 13.9. The van der Waals surface area contributed by atoms with Crippen LogP contribution in [0.25, 0.3) is 0 Å². The lowest BCUT2D eigenvalue weighted by molar-refractivity contribution is -0.0506. The van der Waals surface area contributed by atoms with Gasteiger partial charge in [0.25, 0.3) is 0 Å². The van der Waals surface area contributed by atoms with Crippen LogP contribution < -0.4 is 20.1 Å². The summed E-state index contributed by atoms with van der Waals surface area (Å²) in [5.74, 6) is 0.277. The highest BCUT2D eigenvalue weighted by Gasteiger charge is 2.14. The number of rotatable bonds is 8. The number of para-hydroxylation sites is 1. The third-order valence-electron chi connectivity index (χ3n) is 3.35. The number of alkyl halides is 2. The van der Waals surface area contributed by atoms with Gasteiger partial charge in [0.05, 0.1) is 6.54 Å². The van der Waals surface area contributed by atoms with Gasteiger partial charge in [-0.05, 0) is 24.3 Å². The minimum atomic E-state index is -3.02. The molecule has 5 nitrogen and oxygen atoms in total. The average Bonchev–Trinajstić information content (AvgIpc) is 2.63. The summed E-state index contributed by atoms with van der Waals surface area (Å²) in [5, 5.41) is 5.85. The van der Waals surface area contributed by atoms with Crippen LogP contribution in [0.3, 0.4) is 0 Å². The van der Waals surface area contributed by atoms with Crippen LogP contribution in [0, 0.1) is 5.82 Å². The first-order valence-corrected chi connectivity index (χ1v) is 7.94. The fourth-order valence-electron chi connectivity index (χ4n) is 2.16. The molecule has 2 aromatic carbocycles. The highest BCUT2D eigenvalue weighted by molar-refractivity contribution is 5.79. The Labute approximate surface area is 149 Å². The SMILES string of the molecule is CN=C(NCCOc1ccccc1)NCc1c(F)cccc1OC(F)F. The predicted molar refractivity (Wildman–Crippen MR) is 93.2 cm³/mol. The van der Waals surface area contributed by atoms with Crippen LogP contribution in [-0.4, -0.2) is 32.8 Å². The average molecular weight is 367 g/mol. The molecule has 0 spiro atoms. The van der Waals surface area contributed by atoms with E-state index in [1.54, 1.807) is 7.05 Å². The van der Waals surface area contributed by atoms with Crippen LogP contribution in [0.5, 0.6) is 11.5 Å². The van der Waals surface area contributed by atoms with Gasteiger partial charge in [-0.3, -0.25) is 4.99 Å². The number of nitrogens with zero attached hydrogens (tertiary/aromatic N) is 1. The van der Waals surface area contributed by atoms with Crippen molar-refractivity contribution in [1.29, 1.82) is 0 Å². The van der Waals surface area contributed by atoms with Gasteiger partial charge in [-0.25, -0.2) is 4.39 Å². The van der Waals surface area contributed by atoms with Crippen molar-refractivity contribution in [3.8, 4) is 11.5 Å². The minimum Gasteiger partial charge on any atom is -0.492 e. The van der Waals surface area contributed by atoms with Crippen molar-refractivity contribution in [1.82, 2.24) is 10.6 Å². The van der Waals surface area contributed by atoms with Crippen LogP contribution in [-0.2, 0) is 6.54 Å². The van der Waals surface area contributed by atoms with Crippen LogP contribution in [0.1, 0.15) is 5.56 Å². The second-order valence-electron chi connectivity index (χ2n) is 5.11. The molecule has 0 saturated heterocycles. The van der Waals surface area contributed by atoms with E-state index in [2.05, 4.69) is 20.4 Å². The largest absolute Gasteiger partial charge is 0.492 e. The number of halogens is 3. The van der Waals surface area contributed by atoms with Crippen LogP contribution in [0.15, 0.2) is 53.5 Å². The molecule has 0 fully saturated rings. The Hall–Kier alpha value is -2.90. The van der Waals surface area contributed by atoms with E-state index in [4.69, 9.17) is 4.74 Å². The van der Waals surface area contributed by atoms with Gasteiger partial charge in [-0.15, -0.1) is 0 Å². The predicted octanol–water partition coefficient (Wildman–Crippen LogP) is 3.17. The van der Waals surface area contributed by atoms with E-state index in [0.717, 1.165) is 5.75 Å². The first-order valence-electron chi connectivity index (χ1n) is 7.94. The van der Waals surface area contributed by atoms with Gasteiger partial charge >= 0.3 is 6.61 Å². The maximum Gasteiger partial charge on any atom is 0.387 e. The van der Waals surface area contributed by atoms with Crippen LogP contribution in [0.2, 0.25) is 0 Å². The Kier molecular flexibility index (Phi) is 7.60. The molecule has 140 valence electrons. The zero-order valence-corrected chi connectivity index (χ0v) is 14.2. The van der Waals surface area contributed by atoms with Gasteiger partial charge in [0, 0.05) is 19.2 Å². The van der Waals surface area contributed by atoms with E-state index in [1.807, 2.05) is 30.3 Å². The zero-order valence-electron chi connectivity index (χ0n) is 14.2. The van der Waals surface area contributed by atoms with Gasteiger partial charge in [0.1, 0.15) is 23.9 Å². The summed E-state index contributed by atoms with van der Waals surface area (Å²) in [6.45, 7) is -2.24. The normalized spacial score (nSPS) is 11.3. The molecule has 26 heavy (non-hydrogen) atoms. The third-order valence-corrected chi connectivity index (χ3v) is 3.35. The molecule has 0 unspecified atom stereocenters. The summed E-state index contributed by atoms with van der Waals surface area (Å²) in [5.41, 5.74) is -0.00344. The third kappa shape index (κ3) is 6.19. The molecule has 0 aliphatic carbocycles. The fourth-order valence-corrected chi connectivity index (χ4v) is 2.16. The van der Waals surface area contributed by atoms with Crippen LogP contribution >= 0.6 is 0 Å². The van der Waals surface area contributed by atoms with Gasteiger partial charge in [0.15, 0.2) is 5.96 Å². The molecule has 0 saturated carbocycles. The number of ether oxygens (including phenoxy) is 2. The quantitative estimate of drug-likeness (QED) is 0.428. The standard InChI is InChI=1S/C18H20F3N3O2/c1-22-18(23-10-11-25-13-6-3-2-4-7-13)24-12-14-15(19)8-5-9-16(14)26-17(20)21/h2-9,17H,10-12H2,1H3,(H2,22,23,24). The molecule has 0 aliphatic rings. The first-order chi connectivity index (χ1) is 12.6. The number of nitrogens with one attached hydrogen (secondary N) is 2. The smallest absolute Gasteiger partial charge is 0.387 e. The Balaban J connectivity index is 1.83. The summed E-state index contributed by atoms with van der Waals surface area (Å²) < 4.78 is 48.6. The molecule has 0 amide bonds. The topological polar surface area (TPSA) is 54.9 Å². The van der Waals surface area contributed by atoms with Gasteiger partial charge < -0.3 is 20.1 Å². The summed E-state index contributed by atoms with van der Waals surface area (Å²) in [6.07, 6.45) is 0. The highest BCUT2D eigenvalue weighted by Crippen LogP contribution is 2.23. The zero-order chi connectivity index (χ0) is 18.8. The molecule has 0 bridgehead atoms. The lowest BCUT2D eigenvalue weighted by Crippen LogP contribution is -2.39. The van der Waals surface area contributed by atoms with Crippen molar-refractivity contribution >= 4 is 5.96 Å². The maximum absolute atomic E-state index is 13.9. The van der Waals surface area contributed by atoms with Crippen molar-refractivity contribution in [2.45, 2.75) is 13.2 Å². The Morgan fingerprint density at radius 1 is 1.08 bits per heavy atom. The van der Waals surface area contributed by atoms with E-state index >= 15 is 0 Å². The van der Waals surface area contributed by atoms with E-state index < -0.39 is 12.4 Å². The van der Waals surface area contributed by atoms with E-state index in [9.17, 15) is 13.2 Å². The monoisotopic (exact) mass is 367 g/mol. The van der Waals surface area contributed by atoms with Gasteiger partial charge in [-0.2, -0.15) is 8.78 Å². The molecule has 0 aromatic heterocycles. The number of aliphatic imine (C=N–C) groups is 1. The molecular weight excluding hydrogens is 347 g/mol. The van der Waals surface area contributed by atoms with Crippen molar-refractivity contribution < 1.29 is 22.6 Å². The van der Waals surface area contributed by atoms with Crippen molar-refractivity contribution in [2.24, 2.45) is 4.99 Å². The Morgan fingerprint density at radius 3 is 2.54 bits per heavy atom. The van der Waals surface area contributed by atoms with E-state index in [1.165, 1.54) is 18.2 Å². The summed E-state index contributed by atoms with van der Waals surface area (Å²) in [7, 11) is 1.55. The fraction of sp³-hybridized carbons (Fsp3) is 0.278.